The van der Waals surface area contributed by atoms with E-state index < -0.39 is 0 Å². The van der Waals surface area contributed by atoms with Crippen LogP contribution in [0.3, 0.4) is 0 Å². The second kappa shape index (κ2) is 10.6. The molecule has 0 saturated carbocycles. The molecule has 0 fully saturated rings. The Labute approximate surface area is 332 Å². The minimum absolute atomic E-state index is 0.334. The van der Waals surface area contributed by atoms with Gasteiger partial charge in [0.1, 0.15) is 0 Å². The van der Waals surface area contributed by atoms with Crippen LogP contribution in [-0.4, -0.2) is 4.40 Å². The summed E-state index contributed by atoms with van der Waals surface area (Å²) in [6.45, 7) is 0. The van der Waals surface area contributed by atoms with Gasteiger partial charge in [0.05, 0.1) is 22.0 Å². The Bertz CT molecular complexity index is 3720. The van der Waals surface area contributed by atoms with Crippen LogP contribution in [0.2, 0.25) is 0 Å². The van der Waals surface area contributed by atoms with E-state index in [1.165, 1.54) is 125 Å². The number of thiophene rings is 1. The van der Waals surface area contributed by atoms with Crippen LogP contribution < -0.4 is 0 Å². The number of para-hydroxylation sites is 2. The smallest absolute Gasteiger partial charge is 0.0725 e. The molecule has 0 radical (unpaired) electrons. The highest BCUT2D eigenvalue weighted by molar-refractivity contribution is 7.26. The fourth-order valence-corrected chi connectivity index (χ4v) is 12.4. The lowest BCUT2D eigenvalue weighted by Crippen LogP contribution is -2.25. The lowest BCUT2D eigenvalue weighted by atomic mass is 9.70. The van der Waals surface area contributed by atoms with Gasteiger partial charge >= 0.3 is 0 Å². The lowest BCUT2D eigenvalue weighted by molar-refractivity contribution is 0.794. The maximum atomic E-state index is 2.55. The zero-order valence-corrected chi connectivity index (χ0v) is 31.6. The van der Waals surface area contributed by atoms with Crippen molar-refractivity contribution >= 4 is 80.4 Å². The Balaban J connectivity index is 1.07. The Hall–Kier alpha value is -7.00. The molecule has 0 aliphatic heterocycles. The predicted octanol–water partition coefficient (Wildman–Crippen LogP) is 14.9. The SMILES string of the molecule is c1ccc2c(c1)-c1ccccc1C21c2ccccc2-c2cc(-c3ccc4c(c3)c3cccc5c6cccc7sc8cccc(c9ccccc9n4c53)c8c76)ccc21. The van der Waals surface area contributed by atoms with Crippen molar-refractivity contribution in [3.05, 3.63) is 210 Å². The van der Waals surface area contributed by atoms with Gasteiger partial charge in [-0.2, -0.15) is 0 Å². The first kappa shape index (κ1) is 30.2. The molecule has 3 heterocycles. The number of benzene rings is 9. The number of fused-ring (bicyclic) bond motifs is 17. The van der Waals surface area contributed by atoms with E-state index in [9.17, 15) is 0 Å². The summed E-state index contributed by atoms with van der Waals surface area (Å²) in [6, 6.07) is 71.2. The number of rotatable bonds is 1. The van der Waals surface area contributed by atoms with E-state index >= 15 is 0 Å². The number of hydrogen-bond donors (Lipinski definition) is 0. The standard InChI is InChI=1S/C55H31NS/c1-5-20-44-34(12-1)35-13-2-6-21-45(35)55(44)46-22-7-3-14-36(46)42-30-32(26-28-47(42)55)33-27-29-49-43(31-33)41-19-9-18-40-39-17-11-25-51-53(39)52-38(16-10-24-50(52)57-51)37-15-4-8-23-48(37)56(49)54(40)41/h1-31H. The zero-order valence-electron chi connectivity index (χ0n) is 30.8. The van der Waals surface area contributed by atoms with Gasteiger partial charge in [-0.3, -0.25) is 0 Å². The molecule has 2 heteroatoms. The normalized spacial score (nSPS) is 13.8. The Kier molecular flexibility index (Phi) is 5.65. The Morgan fingerprint density at radius 1 is 0.333 bits per heavy atom. The summed E-state index contributed by atoms with van der Waals surface area (Å²) in [4.78, 5) is 0. The van der Waals surface area contributed by atoms with Gasteiger partial charge < -0.3 is 4.40 Å². The topological polar surface area (TPSA) is 4.41 Å². The summed E-state index contributed by atoms with van der Waals surface area (Å²) in [7, 11) is 0. The summed E-state index contributed by atoms with van der Waals surface area (Å²) in [5, 5.41) is 10.4. The first-order valence-corrected chi connectivity index (χ1v) is 20.7. The summed E-state index contributed by atoms with van der Waals surface area (Å²) in [5.41, 5.74) is 16.7. The molecule has 0 saturated heterocycles. The van der Waals surface area contributed by atoms with Gasteiger partial charge in [-0.05, 0) is 103 Å². The minimum atomic E-state index is -0.334. The molecule has 57 heavy (non-hydrogen) atoms. The Morgan fingerprint density at radius 3 is 1.51 bits per heavy atom. The van der Waals surface area contributed by atoms with Crippen LogP contribution in [0.15, 0.2) is 188 Å². The minimum Gasteiger partial charge on any atom is -0.308 e. The van der Waals surface area contributed by atoms with Crippen LogP contribution in [0.25, 0.3) is 102 Å². The van der Waals surface area contributed by atoms with Crippen LogP contribution >= 0.6 is 11.3 Å². The van der Waals surface area contributed by atoms with Gasteiger partial charge in [0.25, 0.3) is 0 Å². The van der Waals surface area contributed by atoms with E-state index in [4.69, 9.17) is 0 Å². The number of nitrogens with zero attached hydrogens (tertiary/aromatic N) is 1. The second-order valence-corrected chi connectivity index (χ2v) is 17.0. The highest BCUT2D eigenvalue weighted by Crippen LogP contribution is 2.63. The van der Waals surface area contributed by atoms with Crippen molar-refractivity contribution < 1.29 is 0 Å². The fraction of sp³-hybridized carbons (Fsp3) is 0.0182. The highest BCUT2D eigenvalue weighted by atomic mass is 32.1. The van der Waals surface area contributed by atoms with Crippen LogP contribution in [0.5, 0.6) is 0 Å². The first-order chi connectivity index (χ1) is 28.3. The van der Waals surface area contributed by atoms with Crippen LogP contribution in [0.1, 0.15) is 22.3 Å². The maximum absolute atomic E-state index is 2.55. The molecule has 0 amide bonds. The van der Waals surface area contributed by atoms with E-state index in [1.807, 2.05) is 11.3 Å². The zero-order chi connectivity index (χ0) is 37.0. The third kappa shape index (κ3) is 3.62. The molecule has 3 aromatic heterocycles. The summed E-state index contributed by atoms with van der Waals surface area (Å²) < 4.78 is 5.21. The molecule has 2 aliphatic carbocycles. The molecule has 0 bridgehead atoms. The predicted molar refractivity (Wildman–Crippen MR) is 242 cm³/mol. The van der Waals surface area contributed by atoms with Gasteiger partial charge in [-0.25, -0.2) is 0 Å². The Morgan fingerprint density at radius 2 is 0.807 bits per heavy atom. The van der Waals surface area contributed by atoms with Gasteiger partial charge in [0.2, 0.25) is 0 Å². The van der Waals surface area contributed by atoms with Crippen LogP contribution in [0, 0.1) is 0 Å². The number of aromatic nitrogens is 1. The molecular formula is C55H31NS. The molecule has 2 aliphatic rings. The summed E-state index contributed by atoms with van der Waals surface area (Å²) >= 11 is 1.90. The van der Waals surface area contributed by atoms with E-state index in [1.54, 1.807) is 0 Å². The molecule has 0 unspecified atom stereocenters. The molecule has 1 nitrogen and oxygen atoms in total. The van der Waals surface area contributed by atoms with E-state index in [0.717, 1.165) is 0 Å². The van der Waals surface area contributed by atoms with Crippen molar-refractivity contribution in [3.63, 3.8) is 0 Å². The average Bonchev–Trinajstić information content (AvgIpc) is 4.00. The molecule has 12 aromatic rings. The summed E-state index contributed by atoms with van der Waals surface area (Å²) in [6.07, 6.45) is 0. The molecule has 14 rings (SSSR count). The van der Waals surface area contributed by atoms with Crippen molar-refractivity contribution in [1.29, 1.82) is 0 Å². The van der Waals surface area contributed by atoms with Crippen LogP contribution in [-0.2, 0) is 5.41 Å². The van der Waals surface area contributed by atoms with E-state index in [0.29, 0.717) is 0 Å². The van der Waals surface area contributed by atoms with E-state index in [-0.39, 0.29) is 5.41 Å². The van der Waals surface area contributed by atoms with Crippen LogP contribution in [0.4, 0.5) is 0 Å². The largest absolute Gasteiger partial charge is 0.308 e. The van der Waals surface area contributed by atoms with Crippen molar-refractivity contribution in [3.8, 4) is 33.4 Å². The molecule has 9 aromatic carbocycles. The van der Waals surface area contributed by atoms with Crippen molar-refractivity contribution in [1.82, 2.24) is 4.40 Å². The first-order valence-electron chi connectivity index (χ1n) is 19.8. The fourth-order valence-electron chi connectivity index (χ4n) is 11.2. The molecule has 1 spiro atoms. The molecule has 0 N–H and O–H groups in total. The molecule has 262 valence electrons. The van der Waals surface area contributed by atoms with Crippen molar-refractivity contribution in [2.24, 2.45) is 0 Å². The van der Waals surface area contributed by atoms with Gasteiger partial charge in [-0.1, -0.05) is 152 Å². The van der Waals surface area contributed by atoms with Crippen molar-refractivity contribution in [2.45, 2.75) is 5.41 Å². The highest BCUT2D eigenvalue weighted by Gasteiger charge is 2.51. The van der Waals surface area contributed by atoms with Crippen molar-refractivity contribution in [2.75, 3.05) is 0 Å². The number of hydrogen-bond acceptors (Lipinski definition) is 1. The molecule has 0 atom stereocenters. The summed E-state index contributed by atoms with van der Waals surface area (Å²) in [5.74, 6) is 0. The van der Waals surface area contributed by atoms with E-state index in [2.05, 4.69) is 192 Å². The maximum Gasteiger partial charge on any atom is 0.0725 e. The van der Waals surface area contributed by atoms with Gasteiger partial charge in [-0.15, -0.1) is 11.3 Å². The monoisotopic (exact) mass is 737 g/mol. The van der Waals surface area contributed by atoms with Gasteiger partial charge in [0, 0.05) is 41.7 Å². The molecular weight excluding hydrogens is 707 g/mol. The second-order valence-electron chi connectivity index (χ2n) is 15.9. The quantitative estimate of drug-likeness (QED) is 0.158. The third-order valence-corrected chi connectivity index (χ3v) is 14.5. The third-order valence-electron chi connectivity index (χ3n) is 13.4. The average molecular weight is 738 g/mol. The lowest BCUT2D eigenvalue weighted by Gasteiger charge is -2.30. The van der Waals surface area contributed by atoms with Gasteiger partial charge in [0.15, 0.2) is 0 Å².